The van der Waals surface area contributed by atoms with Gasteiger partial charge >= 0.3 is 0 Å². The molecule has 0 amide bonds. The molecule has 0 bridgehead atoms. The summed E-state index contributed by atoms with van der Waals surface area (Å²) < 4.78 is 45.8. The van der Waals surface area contributed by atoms with Crippen LogP contribution in [0.5, 0.6) is 0 Å². The zero-order valence-electron chi connectivity index (χ0n) is 19.3. The Morgan fingerprint density at radius 2 is 2.00 bits per heavy atom. The van der Waals surface area contributed by atoms with Crippen molar-refractivity contribution >= 4 is 27.9 Å². The molecule has 8 nitrogen and oxygen atoms in total. The molecule has 0 spiro atoms. The lowest BCUT2D eigenvalue weighted by Gasteiger charge is -2.30. The maximum Gasteiger partial charge on any atom is 0.203 e. The molecule has 0 aliphatic carbocycles. The van der Waals surface area contributed by atoms with E-state index >= 15 is 4.39 Å². The maximum absolute atomic E-state index is 15.2. The molecule has 0 radical (unpaired) electrons. The Balaban J connectivity index is 1.42. The van der Waals surface area contributed by atoms with Crippen LogP contribution in [0.2, 0.25) is 0 Å². The summed E-state index contributed by atoms with van der Waals surface area (Å²) in [6, 6.07) is 4.07. The zero-order chi connectivity index (χ0) is 24.2. The van der Waals surface area contributed by atoms with Gasteiger partial charge in [0.2, 0.25) is 5.82 Å². The van der Waals surface area contributed by atoms with E-state index < -0.39 is 17.3 Å². The molecule has 6 rings (SSSR count). The number of anilines is 2. The SMILES string of the molecule is CN1CCCc2c1cnn1c(-c3ccc4c(F)c(F)cc(NCC5(F)CCNCC5)c4n3)nnc21. The van der Waals surface area contributed by atoms with Crippen molar-refractivity contribution < 1.29 is 13.2 Å². The quantitative estimate of drug-likeness (QED) is 0.461. The van der Waals surface area contributed by atoms with Crippen LogP contribution in [-0.2, 0) is 6.42 Å². The number of nitrogens with zero attached hydrogens (tertiary/aromatic N) is 6. The first-order valence-electron chi connectivity index (χ1n) is 11.8. The molecule has 11 heteroatoms. The standard InChI is InChI=1S/C24H25F3N8/c1-34-10-2-3-14-19(34)12-30-35-22(14)32-33-23(35)17-5-4-15-20(26)16(25)11-18(21(15)31-17)29-13-24(27)6-8-28-9-7-24/h4-5,11-12,28-29H,2-3,6-10,13H2,1H3. The first-order valence-corrected chi connectivity index (χ1v) is 11.8. The third kappa shape index (κ3) is 3.74. The number of rotatable bonds is 4. The highest BCUT2D eigenvalue weighted by Gasteiger charge is 2.32. The largest absolute Gasteiger partial charge is 0.380 e. The average molecular weight is 483 g/mol. The monoisotopic (exact) mass is 482 g/mol. The molecule has 35 heavy (non-hydrogen) atoms. The number of pyridine rings is 1. The number of aromatic nitrogens is 5. The highest BCUT2D eigenvalue weighted by atomic mass is 19.2. The number of hydrogen-bond donors (Lipinski definition) is 2. The fourth-order valence-corrected chi connectivity index (χ4v) is 5.02. The second kappa shape index (κ2) is 8.33. The molecule has 1 saturated heterocycles. The van der Waals surface area contributed by atoms with Gasteiger partial charge in [-0.05, 0) is 50.9 Å². The summed E-state index contributed by atoms with van der Waals surface area (Å²) in [6.07, 6.45) is 4.35. The van der Waals surface area contributed by atoms with Crippen molar-refractivity contribution in [3.05, 3.63) is 41.6 Å². The molecule has 2 aliphatic heterocycles. The van der Waals surface area contributed by atoms with E-state index in [2.05, 4.69) is 35.8 Å². The Bertz CT molecular complexity index is 1430. The molecule has 1 fully saturated rings. The van der Waals surface area contributed by atoms with E-state index in [0.29, 0.717) is 43.1 Å². The molecule has 2 aliphatic rings. The maximum atomic E-state index is 15.2. The van der Waals surface area contributed by atoms with Crippen LogP contribution in [0.15, 0.2) is 24.4 Å². The molecule has 0 saturated carbocycles. The van der Waals surface area contributed by atoms with Crippen molar-refractivity contribution in [2.45, 2.75) is 31.4 Å². The van der Waals surface area contributed by atoms with Crippen LogP contribution in [0.3, 0.4) is 0 Å². The van der Waals surface area contributed by atoms with Gasteiger partial charge in [0.25, 0.3) is 0 Å². The predicted octanol–water partition coefficient (Wildman–Crippen LogP) is 3.50. The smallest absolute Gasteiger partial charge is 0.203 e. The van der Waals surface area contributed by atoms with Gasteiger partial charge in [-0.25, -0.2) is 18.2 Å². The summed E-state index contributed by atoms with van der Waals surface area (Å²) >= 11 is 0. The van der Waals surface area contributed by atoms with Crippen LogP contribution in [-0.4, -0.2) is 63.7 Å². The number of nitrogens with one attached hydrogen (secondary N) is 2. The first-order chi connectivity index (χ1) is 16.9. The number of benzene rings is 1. The lowest BCUT2D eigenvalue weighted by molar-refractivity contribution is 0.131. The van der Waals surface area contributed by atoms with Gasteiger partial charge in [0.05, 0.1) is 23.1 Å². The molecular weight excluding hydrogens is 457 g/mol. The Morgan fingerprint density at radius 1 is 1.17 bits per heavy atom. The van der Waals surface area contributed by atoms with Gasteiger partial charge < -0.3 is 15.5 Å². The zero-order valence-corrected chi connectivity index (χ0v) is 19.3. The van der Waals surface area contributed by atoms with Crippen molar-refractivity contribution in [2.75, 3.05) is 43.4 Å². The molecule has 2 N–H and O–H groups in total. The van der Waals surface area contributed by atoms with Crippen LogP contribution >= 0.6 is 0 Å². The van der Waals surface area contributed by atoms with Crippen molar-refractivity contribution in [2.24, 2.45) is 0 Å². The van der Waals surface area contributed by atoms with Gasteiger partial charge in [-0.3, -0.25) is 0 Å². The first kappa shape index (κ1) is 22.0. The Hall–Kier alpha value is -3.47. The summed E-state index contributed by atoms with van der Waals surface area (Å²) in [4.78, 5) is 6.75. The van der Waals surface area contributed by atoms with E-state index in [-0.39, 0.29) is 23.1 Å². The van der Waals surface area contributed by atoms with Crippen LogP contribution in [0.25, 0.3) is 28.1 Å². The van der Waals surface area contributed by atoms with Crippen molar-refractivity contribution in [3.8, 4) is 11.5 Å². The van der Waals surface area contributed by atoms with E-state index in [0.717, 1.165) is 36.7 Å². The van der Waals surface area contributed by atoms with Crippen molar-refractivity contribution in [3.63, 3.8) is 0 Å². The molecule has 1 aromatic carbocycles. The minimum absolute atomic E-state index is 0.00949. The lowest BCUT2D eigenvalue weighted by atomic mass is 9.94. The van der Waals surface area contributed by atoms with Gasteiger partial charge in [-0.1, -0.05) is 0 Å². The number of piperidine rings is 1. The van der Waals surface area contributed by atoms with Crippen LogP contribution < -0.4 is 15.5 Å². The van der Waals surface area contributed by atoms with Gasteiger partial charge in [-0.15, -0.1) is 10.2 Å². The summed E-state index contributed by atoms with van der Waals surface area (Å²) in [5.74, 6) is -1.62. The fourth-order valence-electron chi connectivity index (χ4n) is 5.02. The van der Waals surface area contributed by atoms with Crippen LogP contribution in [0.4, 0.5) is 24.5 Å². The molecule has 5 heterocycles. The summed E-state index contributed by atoms with van der Waals surface area (Å²) in [5, 5.41) is 19.3. The van der Waals surface area contributed by atoms with Gasteiger partial charge in [0, 0.05) is 37.2 Å². The third-order valence-electron chi connectivity index (χ3n) is 7.04. The number of alkyl halides is 1. The van der Waals surface area contributed by atoms with E-state index in [9.17, 15) is 8.78 Å². The second-order valence-corrected chi connectivity index (χ2v) is 9.36. The Morgan fingerprint density at radius 3 is 2.83 bits per heavy atom. The highest BCUT2D eigenvalue weighted by Crippen LogP contribution is 2.33. The van der Waals surface area contributed by atoms with E-state index in [1.807, 2.05) is 7.05 Å². The lowest BCUT2D eigenvalue weighted by Crippen LogP contribution is -2.43. The topological polar surface area (TPSA) is 83.3 Å². The summed E-state index contributed by atoms with van der Waals surface area (Å²) in [5.41, 5.74) is 2.16. The van der Waals surface area contributed by atoms with Gasteiger partial charge in [0.1, 0.15) is 11.4 Å². The molecule has 3 aromatic heterocycles. The number of halogens is 3. The summed E-state index contributed by atoms with van der Waals surface area (Å²) in [7, 11) is 2.02. The Labute approximate surface area is 199 Å². The van der Waals surface area contributed by atoms with Gasteiger partial charge in [-0.2, -0.15) is 9.61 Å². The fraction of sp³-hybridized carbons (Fsp3) is 0.417. The third-order valence-corrected chi connectivity index (χ3v) is 7.04. The normalized spacial score (nSPS) is 17.7. The highest BCUT2D eigenvalue weighted by molar-refractivity contribution is 5.92. The number of aryl methyl sites for hydroxylation is 1. The summed E-state index contributed by atoms with van der Waals surface area (Å²) in [6.45, 7) is 2.08. The van der Waals surface area contributed by atoms with Gasteiger partial charge in [0.15, 0.2) is 17.3 Å². The molecule has 0 unspecified atom stereocenters. The Kier molecular flexibility index (Phi) is 5.24. The van der Waals surface area contributed by atoms with Crippen molar-refractivity contribution in [1.82, 2.24) is 30.1 Å². The minimum Gasteiger partial charge on any atom is -0.380 e. The van der Waals surface area contributed by atoms with E-state index in [1.54, 1.807) is 16.8 Å². The van der Waals surface area contributed by atoms with E-state index in [1.165, 1.54) is 6.07 Å². The number of fused-ring (bicyclic) bond motifs is 4. The molecular formula is C24H25F3N8. The molecule has 4 aromatic rings. The second-order valence-electron chi connectivity index (χ2n) is 9.36. The van der Waals surface area contributed by atoms with Crippen molar-refractivity contribution in [1.29, 1.82) is 0 Å². The molecule has 182 valence electrons. The minimum atomic E-state index is -1.43. The van der Waals surface area contributed by atoms with Crippen LogP contribution in [0.1, 0.15) is 24.8 Å². The average Bonchev–Trinajstić information content (AvgIpc) is 3.31. The van der Waals surface area contributed by atoms with E-state index in [4.69, 9.17) is 0 Å². The predicted molar refractivity (Wildman–Crippen MR) is 127 cm³/mol. The van der Waals surface area contributed by atoms with Crippen LogP contribution in [0, 0.1) is 11.6 Å². The molecule has 0 atom stereocenters. The number of hydrogen-bond acceptors (Lipinski definition) is 7.